The quantitative estimate of drug-likeness (QED) is 0.153. The van der Waals surface area contributed by atoms with Gasteiger partial charge in [0.25, 0.3) is 0 Å². The molecule has 9 nitrogen and oxygen atoms in total. The molecule has 322 valence electrons. The van der Waals surface area contributed by atoms with Crippen molar-refractivity contribution >= 4 is 43.7 Å². The minimum Gasteiger partial charge on any atom is -0.456 e. The van der Waals surface area contributed by atoms with Crippen LogP contribution in [0.5, 0.6) is 0 Å². The molecule has 0 spiro atoms. The normalized spacial score (nSPS) is 11.1. The average molecular weight is 893 g/mol. The first-order chi connectivity index (χ1) is 34.5. The van der Waals surface area contributed by atoms with E-state index in [9.17, 15) is 21.0 Å². The van der Waals surface area contributed by atoms with Crippen molar-refractivity contribution in [2.75, 3.05) is 0 Å². The first kappa shape index (κ1) is 41.0. The smallest absolute Gasteiger partial charge is 0.166 e. The molecule has 3 heterocycles. The van der Waals surface area contributed by atoms with Crippen LogP contribution in [0.4, 0.5) is 0 Å². The number of rotatable bonds is 7. The van der Waals surface area contributed by atoms with E-state index in [4.69, 9.17) is 19.4 Å². The molecule has 12 aromatic rings. The van der Waals surface area contributed by atoms with Gasteiger partial charge in [0.2, 0.25) is 0 Å². The Kier molecular flexibility index (Phi) is 9.82. The number of para-hydroxylation sites is 1. The van der Waals surface area contributed by atoms with Crippen LogP contribution >= 0.6 is 0 Å². The van der Waals surface area contributed by atoms with E-state index < -0.39 is 0 Å². The first-order valence-electron chi connectivity index (χ1n) is 22.4. The van der Waals surface area contributed by atoms with Crippen LogP contribution in [0.2, 0.25) is 0 Å². The lowest BCUT2D eigenvalue weighted by Gasteiger charge is -2.17. The molecule has 9 heteroatoms. The van der Waals surface area contributed by atoms with Crippen LogP contribution in [-0.4, -0.2) is 19.5 Å². The second-order valence-electron chi connectivity index (χ2n) is 16.8. The number of fused-ring (bicyclic) bond motifs is 6. The Balaban J connectivity index is 1.17. The van der Waals surface area contributed by atoms with E-state index in [0.717, 1.165) is 88.4 Å². The van der Waals surface area contributed by atoms with Gasteiger partial charge >= 0.3 is 0 Å². The molecular weight excluding hydrogens is 861 g/mol. The molecule has 0 aliphatic heterocycles. The lowest BCUT2D eigenvalue weighted by molar-refractivity contribution is 0.669. The van der Waals surface area contributed by atoms with Crippen LogP contribution in [0.15, 0.2) is 199 Å². The van der Waals surface area contributed by atoms with Gasteiger partial charge < -0.3 is 8.98 Å². The van der Waals surface area contributed by atoms with E-state index in [-0.39, 0.29) is 0 Å². The maximum absolute atomic E-state index is 10.3. The molecule has 0 aliphatic carbocycles. The van der Waals surface area contributed by atoms with Gasteiger partial charge in [-0.3, -0.25) is 0 Å². The summed E-state index contributed by atoms with van der Waals surface area (Å²) in [5, 5.41) is 43.7. The van der Waals surface area contributed by atoms with Gasteiger partial charge in [0.1, 0.15) is 11.2 Å². The second-order valence-corrected chi connectivity index (χ2v) is 16.8. The monoisotopic (exact) mass is 892 g/mol. The first-order valence-corrected chi connectivity index (χ1v) is 22.4. The summed E-state index contributed by atoms with van der Waals surface area (Å²) in [6, 6.07) is 71.8. The van der Waals surface area contributed by atoms with Gasteiger partial charge in [-0.15, -0.1) is 0 Å². The molecule has 12 rings (SSSR count). The zero-order valence-corrected chi connectivity index (χ0v) is 37.0. The summed E-state index contributed by atoms with van der Waals surface area (Å²) in [4.78, 5) is 15.6. The Morgan fingerprint density at radius 1 is 0.357 bits per heavy atom. The molecule has 0 saturated carbocycles. The van der Waals surface area contributed by atoms with Crippen molar-refractivity contribution in [3.63, 3.8) is 0 Å². The summed E-state index contributed by atoms with van der Waals surface area (Å²) in [5.74, 6) is 1.50. The predicted molar refractivity (Wildman–Crippen MR) is 273 cm³/mol. The largest absolute Gasteiger partial charge is 0.456 e. The molecule has 0 N–H and O–H groups in total. The van der Waals surface area contributed by atoms with Crippen molar-refractivity contribution in [3.05, 3.63) is 216 Å². The van der Waals surface area contributed by atoms with Crippen LogP contribution in [0.1, 0.15) is 22.3 Å². The topological polar surface area (TPSA) is 152 Å². The minimum absolute atomic E-state index is 0.385. The molecule has 3 aromatic heterocycles. The van der Waals surface area contributed by atoms with Crippen molar-refractivity contribution in [1.29, 1.82) is 21.0 Å². The van der Waals surface area contributed by atoms with E-state index in [0.29, 0.717) is 50.9 Å². The SMILES string of the molecule is N#Cc1ccc(-c2ccc3c(c2)c2cc(-c4ccc(C#N)cc4C#N)ccc2n3-c2ccc(-c3cccc4oc5ccccc5c34)cc2-c2nc(-c3ccccc3)nc(-c3ccccc3)n2)c(C#N)c1. The number of benzene rings is 9. The molecule has 0 bridgehead atoms. The maximum Gasteiger partial charge on any atom is 0.166 e. The second kappa shape index (κ2) is 16.8. The van der Waals surface area contributed by atoms with Crippen molar-refractivity contribution in [1.82, 2.24) is 19.5 Å². The molecule has 70 heavy (non-hydrogen) atoms. The molecule has 0 aliphatic rings. The fraction of sp³-hybridized carbons (Fsp3) is 0. The third-order valence-electron chi connectivity index (χ3n) is 12.8. The van der Waals surface area contributed by atoms with Crippen LogP contribution in [0, 0.1) is 45.3 Å². The number of furan rings is 1. The number of aromatic nitrogens is 4. The summed E-state index contributed by atoms with van der Waals surface area (Å²) >= 11 is 0. The summed E-state index contributed by atoms with van der Waals surface area (Å²) in [5.41, 5.74) is 13.0. The van der Waals surface area contributed by atoms with Crippen LogP contribution in [0.3, 0.4) is 0 Å². The number of nitrogens with zero attached hydrogens (tertiary/aromatic N) is 8. The van der Waals surface area contributed by atoms with Crippen LogP contribution < -0.4 is 0 Å². The van der Waals surface area contributed by atoms with Crippen molar-refractivity contribution in [3.8, 4) is 97.5 Å². The minimum atomic E-state index is 0.385. The molecule has 0 saturated heterocycles. The summed E-state index contributed by atoms with van der Waals surface area (Å²) < 4.78 is 8.59. The zero-order chi connectivity index (χ0) is 47.3. The molecule has 0 radical (unpaired) electrons. The highest BCUT2D eigenvalue weighted by atomic mass is 16.3. The van der Waals surface area contributed by atoms with Gasteiger partial charge in [0, 0.05) is 38.2 Å². The van der Waals surface area contributed by atoms with Gasteiger partial charge in [0.15, 0.2) is 17.5 Å². The number of hydrogen-bond donors (Lipinski definition) is 0. The van der Waals surface area contributed by atoms with E-state index >= 15 is 0 Å². The van der Waals surface area contributed by atoms with Gasteiger partial charge in [-0.25, -0.2) is 15.0 Å². The standard InChI is InChI=1S/C61H32N8O/c62-33-37-18-23-46(44(28-37)35-64)41-20-25-53-50(30-41)51-31-42(47-24-19-38(34-63)29-45(47)36-65)21-26-54(51)69(53)55-27-22-43(48-15-9-17-57-58(48)49-14-7-8-16-56(49)70-57)32-52(55)61-67-59(39-10-3-1-4-11-39)66-60(68-61)40-12-5-2-6-13-40/h1-32H. The molecule has 0 amide bonds. The predicted octanol–water partition coefficient (Wildman–Crippen LogP) is 14.4. The van der Waals surface area contributed by atoms with Crippen molar-refractivity contribution < 1.29 is 4.42 Å². The Bertz CT molecular complexity index is 4100. The third-order valence-corrected chi connectivity index (χ3v) is 12.8. The molecular formula is C61H32N8O. The summed E-state index contributed by atoms with van der Waals surface area (Å²) in [7, 11) is 0. The Morgan fingerprint density at radius 2 is 0.871 bits per heavy atom. The number of hydrogen-bond acceptors (Lipinski definition) is 8. The van der Waals surface area contributed by atoms with E-state index in [1.165, 1.54) is 0 Å². The highest BCUT2D eigenvalue weighted by molar-refractivity contribution is 6.14. The van der Waals surface area contributed by atoms with Crippen LogP contribution in [-0.2, 0) is 0 Å². The lowest BCUT2D eigenvalue weighted by Crippen LogP contribution is -2.04. The molecule has 0 atom stereocenters. The van der Waals surface area contributed by atoms with E-state index in [1.807, 2.05) is 115 Å². The Hall–Kier alpha value is -10.5. The van der Waals surface area contributed by atoms with Crippen LogP contribution in [0.25, 0.3) is 117 Å². The van der Waals surface area contributed by atoms with Gasteiger partial charge in [-0.05, 0) is 106 Å². The third kappa shape index (κ3) is 6.88. The van der Waals surface area contributed by atoms with E-state index in [1.54, 1.807) is 24.3 Å². The van der Waals surface area contributed by atoms with Gasteiger partial charge in [0.05, 0.1) is 63.3 Å². The molecule has 0 unspecified atom stereocenters. The fourth-order valence-corrected chi connectivity index (χ4v) is 9.56. The molecule has 0 fully saturated rings. The Labute approximate surface area is 400 Å². The fourth-order valence-electron chi connectivity index (χ4n) is 9.56. The van der Waals surface area contributed by atoms with Crippen molar-refractivity contribution in [2.45, 2.75) is 0 Å². The Morgan fingerprint density at radius 3 is 1.44 bits per heavy atom. The lowest BCUT2D eigenvalue weighted by atomic mass is 9.95. The average Bonchev–Trinajstić information content (AvgIpc) is 3.98. The number of nitriles is 4. The van der Waals surface area contributed by atoms with E-state index in [2.05, 4.69) is 83.4 Å². The highest BCUT2D eigenvalue weighted by Crippen LogP contribution is 2.43. The highest BCUT2D eigenvalue weighted by Gasteiger charge is 2.23. The summed E-state index contributed by atoms with van der Waals surface area (Å²) in [6.07, 6.45) is 0. The zero-order valence-electron chi connectivity index (χ0n) is 37.0. The summed E-state index contributed by atoms with van der Waals surface area (Å²) in [6.45, 7) is 0. The molecule has 9 aromatic carbocycles. The van der Waals surface area contributed by atoms with Gasteiger partial charge in [-0.2, -0.15) is 21.0 Å². The van der Waals surface area contributed by atoms with Gasteiger partial charge in [-0.1, -0.05) is 121 Å². The maximum atomic E-state index is 10.3. The van der Waals surface area contributed by atoms with Crippen molar-refractivity contribution in [2.24, 2.45) is 0 Å².